The summed E-state index contributed by atoms with van der Waals surface area (Å²) in [7, 11) is -0.160. The molecule has 0 saturated heterocycles. The summed E-state index contributed by atoms with van der Waals surface area (Å²) >= 11 is 0. The maximum Gasteiger partial charge on any atom is 0.169 e. The van der Waals surface area contributed by atoms with Crippen LogP contribution in [0.1, 0.15) is 0 Å². The quantitative estimate of drug-likeness (QED) is 0.441. The minimum atomic E-state index is -1.07. The molecule has 0 amide bonds. The lowest BCUT2D eigenvalue weighted by molar-refractivity contribution is 0.620. The molecule has 0 spiro atoms. The summed E-state index contributed by atoms with van der Waals surface area (Å²) in [5.74, 6) is 0. The minimum Gasteiger partial charge on any atom is -0.464 e. The summed E-state index contributed by atoms with van der Waals surface area (Å²) in [5.41, 5.74) is 0. The Balaban J connectivity index is 0. The molecule has 0 aromatic heterocycles. The van der Waals surface area contributed by atoms with Gasteiger partial charge in [-0.15, -0.1) is 0 Å². The second-order valence-electron chi connectivity index (χ2n) is 2.32. The Kier molecular flexibility index (Phi) is 4.98. The van der Waals surface area contributed by atoms with Crippen LogP contribution >= 0.6 is 0 Å². The Morgan fingerprint density at radius 1 is 1.29 bits per heavy atom. The van der Waals surface area contributed by atoms with Crippen molar-refractivity contribution in [3.8, 4) is 0 Å². The predicted octanol–water partition coefficient (Wildman–Crippen LogP) is -0.706. The maximum atomic E-state index is 5.22. The van der Waals surface area contributed by atoms with Crippen molar-refractivity contribution in [2.75, 3.05) is 0 Å². The lowest BCUT2D eigenvalue weighted by atomic mass is 11.8. The fraction of sp³-hybridized carbons (Fsp3) is 1.00. The normalized spacial score (nSPS) is 10.7. The van der Waals surface area contributed by atoms with E-state index in [0.29, 0.717) is 0 Å². The van der Waals surface area contributed by atoms with Gasteiger partial charge in [-0.3, -0.25) is 0 Å². The molecule has 0 aliphatic rings. The zero-order valence-corrected chi connectivity index (χ0v) is 8.41. The Morgan fingerprint density at radius 3 is 1.43 bits per heavy atom. The second kappa shape index (κ2) is 3.37. The predicted molar refractivity (Wildman–Crippen MR) is 38.0 cm³/mol. The standard InChI is InChI=1S/C3H12OSi2.H2O/c1-6(2,3)4-5;/h1-3,5H3;1H2. The SMILES string of the molecule is C[Si](C)(C)O[SiH3].O. The Morgan fingerprint density at radius 2 is 1.43 bits per heavy atom. The molecule has 0 aromatic carbocycles. The summed E-state index contributed by atoms with van der Waals surface area (Å²) in [6.07, 6.45) is 0. The first kappa shape index (κ1) is 10.4. The van der Waals surface area contributed by atoms with Crippen molar-refractivity contribution < 1.29 is 9.59 Å². The van der Waals surface area contributed by atoms with E-state index in [-0.39, 0.29) is 5.48 Å². The van der Waals surface area contributed by atoms with Gasteiger partial charge >= 0.3 is 0 Å². The summed E-state index contributed by atoms with van der Waals surface area (Å²) in [6, 6.07) is 0. The van der Waals surface area contributed by atoms with Gasteiger partial charge in [0.05, 0.1) is 0 Å². The maximum absolute atomic E-state index is 5.22. The molecule has 0 bridgehead atoms. The highest BCUT2D eigenvalue weighted by molar-refractivity contribution is 6.72. The van der Waals surface area contributed by atoms with Crippen molar-refractivity contribution >= 4 is 18.8 Å². The van der Waals surface area contributed by atoms with Crippen LogP contribution in [0, 0.1) is 0 Å². The van der Waals surface area contributed by atoms with Crippen LogP contribution in [-0.2, 0) is 4.12 Å². The zero-order chi connectivity index (χ0) is 5.21. The summed E-state index contributed by atoms with van der Waals surface area (Å²) in [6.45, 7) is 6.58. The molecule has 0 aliphatic heterocycles. The lowest BCUT2D eigenvalue weighted by Gasteiger charge is -2.11. The van der Waals surface area contributed by atoms with Crippen molar-refractivity contribution in [2.45, 2.75) is 19.6 Å². The molecule has 0 aliphatic carbocycles. The van der Waals surface area contributed by atoms with Crippen LogP contribution in [-0.4, -0.2) is 24.3 Å². The van der Waals surface area contributed by atoms with Gasteiger partial charge in [0.25, 0.3) is 0 Å². The van der Waals surface area contributed by atoms with Crippen molar-refractivity contribution in [2.24, 2.45) is 0 Å². The van der Waals surface area contributed by atoms with Gasteiger partial charge in [0.1, 0.15) is 10.5 Å². The first-order chi connectivity index (χ1) is 2.56. The molecule has 2 nitrogen and oxygen atoms in total. The second-order valence-corrected chi connectivity index (χ2v) is 8.17. The average Bonchev–Trinajstić information content (AvgIpc) is 1.35. The molecular formula is C3H14O2Si2. The summed E-state index contributed by atoms with van der Waals surface area (Å²) < 4.78 is 5.22. The molecule has 46 valence electrons. The van der Waals surface area contributed by atoms with Crippen LogP contribution in [0.15, 0.2) is 0 Å². The van der Waals surface area contributed by atoms with Gasteiger partial charge in [0.2, 0.25) is 0 Å². The zero-order valence-electron chi connectivity index (χ0n) is 5.41. The highest BCUT2D eigenvalue weighted by Gasteiger charge is 2.08. The molecule has 7 heavy (non-hydrogen) atoms. The molecule has 0 fully saturated rings. The van der Waals surface area contributed by atoms with Crippen molar-refractivity contribution in [3.63, 3.8) is 0 Å². The van der Waals surface area contributed by atoms with Crippen LogP contribution in [0.5, 0.6) is 0 Å². The molecule has 0 radical (unpaired) electrons. The van der Waals surface area contributed by atoms with E-state index >= 15 is 0 Å². The fourth-order valence-electron chi connectivity index (χ4n) is 0. The van der Waals surface area contributed by atoms with E-state index in [1.807, 2.05) is 0 Å². The van der Waals surface area contributed by atoms with Crippen LogP contribution in [0.2, 0.25) is 19.6 Å². The van der Waals surface area contributed by atoms with Crippen LogP contribution in [0.25, 0.3) is 0 Å². The van der Waals surface area contributed by atoms with Gasteiger partial charge < -0.3 is 9.59 Å². The van der Waals surface area contributed by atoms with Crippen LogP contribution in [0.3, 0.4) is 0 Å². The van der Waals surface area contributed by atoms with Gasteiger partial charge in [0.15, 0.2) is 8.32 Å². The molecule has 0 heterocycles. The largest absolute Gasteiger partial charge is 0.464 e. The molecule has 0 unspecified atom stereocenters. The van der Waals surface area contributed by atoms with Crippen molar-refractivity contribution in [1.29, 1.82) is 0 Å². The minimum absolute atomic E-state index is 0. The monoisotopic (exact) mass is 138 g/mol. The van der Waals surface area contributed by atoms with Crippen molar-refractivity contribution in [3.05, 3.63) is 0 Å². The Labute approximate surface area is 48.9 Å². The third-order valence-electron chi connectivity index (χ3n) is 0.612. The van der Waals surface area contributed by atoms with Crippen molar-refractivity contribution in [1.82, 2.24) is 0 Å². The topological polar surface area (TPSA) is 40.7 Å². The van der Waals surface area contributed by atoms with Gasteiger partial charge in [0, 0.05) is 0 Å². The van der Waals surface area contributed by atoms with E-state index in [4.69, 9.17) is 4.12 Å². The highest BCUT2D eigenvalue weighted by Crippen LogP contribution is 1.96. The molecular weight excluding hydrogens is 124 g/mol. The smallest absolute Gasteiger partial charge is 0.169 e. The third kappa shape index (κ3) is 10.7. The van der Waals surface area contributed by atoms with E-state index in [2.05, 4.69) is 19.6 Å². The number of hydrogen-bond donors (Lipinski definition) is 0. The molecule has 0 rings (SSSR count). The highest BCUT2D eigenvalue weighted by atomic mass is 28.4. The number of hydrogen-bond acceptors (Lipinski definition) is 1. The van der Waals surface area contributed by atoms with E-state index in [1.54, 1.807) is 0 Å². The van der Waals surface area contributed by atoms with Gasteiger partial charge in [-0.25, -0.2) is 0 Å². The molecule has 0 aromatic rings. The fourth-order valence-corrected chi connectivity index (χ4v) is 0. The average molecular weight is 138 g/mol. The van der Waals surface area contributed by atoms with E-state index in [0.717, 1.165) is 10.5 Å². The van der Waals surface area contributed by atoms with Crippen LogP contribution in [0.4, 0.5) is 0 Å². The Bertz CT molecular complexity index is 40.7. The lowest BCUT2D eigenvalue weighted by Crippen LogP contribution is -2.23. The molecule has 4 heteroatoms. The first-order valence-electron chi connectivity index (χ1n) is 2.11. The molecule has 0 atom stereocenters. The van der Waals surface area contributed by atoms with E-state index < -0.39 is 8.32 Å². The van der Waals surface area contributed by atoms with Gasteiger partial charge in [-0.2, -0.15) is 0 Å². The summed E-state index contributed by atoms with van der Waals surface area (Å²) in [4.78, 5) is 0. The molecule has 2 N–H and O–H groups in total. The first-order valence-corrected chi connectivity index (χ1v) is 6.34. The number of rotatable bonds is 1. The summed E-state index contributed by atoms with van der Waals surface area (Å²) in [5, 5.41) is 0. The van der Waals surface area contributed by atoms with Crippen LogP contribution < -0.4 is 0 Å². The Hall–Kier alpha value is 0.354. The van der Waals surface area contributed by atoms with Gasteiger partial charge in [-0.05, 0) is 19.6 Å². The van der Waals surface area contributed by atoms with E-state index in [9.17, 15) is 0 Å². The van der Waals surface area contributed by atoms with Gasteiger partial charge in [-0.1, -0.05) is 0 Å². The molecule has 0 saturated carbocycles. The van der Waals surface area contributed by atoms with E-state index in [1.165, 1.54) is 0 Å². The third-order valence-corrected chi connectivity index (χ3v) is 5.51.